The number of ether oxygens (including phenoxy) is 2. The first-order valence-electron chi connectivity index (χ1n) is 10.5. The predicted molar refractivity (Wildman–Crippen MR) is 119 cm³/mol. The fourth-order valence-corrected chi connectivity index (χ4v) is 3.00. The molecule has 184 valence electrons. The van der Waals surface area contributed by atoms with Gasteiger partial charge in [0, 0.05) is 24.9 Å². The first-order valence-corrected chi connectivity index (χ1v) is 10.5. The van der Waals surface area contributed by atoms with Gasteiger partial charge in [-0.05, 0) is 42.2 Å². The van der Waals surface area contributed by atoms with E-state index in [1.165, 1.54) is 24.4 Å². The number of nitrogens with zero attached hydrogens (tertiary/aromatic N) is 2. The molecular weight excluding hydrogens is 459 g/mol. The summed E-state index contributed by atoms with van der Waals surface area (Å²) in [5.41, 5.74) is 0.825. The van der Waals surface area contributed by atoms with Crippen LogP contribution >= 0.6 is 0 Å². The molecule has 2 rings (SSSR count). The lowest BCUT2D eigenvalue weighted by Crippen LogP contribution is -2.07. The molecule has 0 unspecified atom stereocenters. The minimum Gasteiger partial charge on any atom is -0.434 e. The van der Waals surface area contributed by atoms with Crippen LogP contribution in [0.3, 0.4) is 0 Å². The third-order valence-electron chi connectivity index (χ3n) is 4.63. The Balaban J connectivity index is 2.46. The van der Waals surface area contributed by atoms with E-state index in [1.54, 1.807) is 19.1 Å². The zero-order chi connectivity index (χ0) is 25.1. The van der Waals surface area contributed by atoms with E-state index in [0.29, 0.717) is 11.3 Å². The van der Waals surface area contributed by atoms with Gasteiger partial charge in [-0.25, -0.2) is 9.37 Å². The third-order valence-corrected chi connectivity index (χ3v) is 4.63. The van der Waals surface area contributed by atoms with E-state index in [4.69, 9.17) is 0 Å². The standard InChI is InChI=1S/C24H25F5N2O3/c1-3-5-6-18(14-32)31-13-15(4-2)11-17-7-8-19(33-23(26)27)21(22(17)25)16-9-10-30-20(12-16)34-24(28)29/h4,6-10,12-13,23-24,32H,3,5,11,14H2,1-2H3/b15-4-,18-6+,31-13+. The molecule has 0 bridgehead atoms. The Morgan fingerprint density at radius 3 is 2.50 bits per heavy atom. The molecule has 0 fully saturated rings. The summed E-state index contributed by atoms with van der Waals surface area (Å²) in [5.74, 6) is -1.84. The number of unbranched alkanes of at least 4 members (excludes halogenated alkanes) is 1. The van der Waals surface area contributed by atoms with Crippen LogP contribution in [0.25, 0.3) is 11.1 Å². The normalized spacial score (nSPS) is 12.8. The van der Waals surface area contributed by atoms with Crippen molar-refractivity contribution in [2.24, 2.45) is 4.99 Å². The number of halogens is 5. The molecule has 34 heavy (non-hydrogen) atoms. The molecule has 0 aliphatic heterocycles. The van der Waals surface area contributed by atoms with Crippen LogP contribution in [0.15, 0.2) is 58.9 Å². The molecular formula is C24H25F5N2O3. The van der Waals surface area contributed by atoms with Gasteiger partial charge in [0.25, 0.3) is 0 Å². The summed E-state index contributed by atoms with van der Waals surface area (Å²) in [5, 5.41) is 9.42. The number of hydrogen-bond donors (Lipinski definition) is 1. The second kappa shape index (κ2) is 13.4. The molecule has 1 aromatic carbocycles. The van der Waals surface area contributed by atoms with Gasteiger partial charge in [0.05, 0.1) is 17.9 Å². The number of hydrogen-bond acceptors (Lipinski definition) is 5. The Labute approximate surface area is 194 Å². The van der Waals surface area contributed by atoms with Gasteiger partial charge in [-0.2, -0.15) is 17.6 Å². The SMILES string of the molecule is C\C=C(/C=N/C(=C/CCC)CO)Cc1ccc(OC(F)F)c(-c2ccnc(OC(F)F)c2)c1F. The average molecular weight is 484 g/mol. The van der Waals surface area contributed by atoms with E-state index in [2.05, 4.69) is 19.5 Å². The second-order valence-electron chi connectivity index (χ2n) is 6.99. The number of aromatic nitrogens is 1. The maximum Gasteiger partial charge on any atom is 0.388 e. The Morgan fingerprint density at radius 2 is 1.88 bits per heavy atom. The van der Waals surface area contributed by atoms with Crippen molar-refractivity contribution < 1.29 is 36.5 Å². The summed E-state index contributed by atoms with van der Waals surface area (Å²) in [4.78, 5) is 7.84. The number of alkyl halides is 4. The lowest BCUT2D eigenvalue weighted by molar-refractivity contribution is -0.0528. The number of aliphatic hydroxyl groups excluding tert-OH is 1. The van der Waals surface area contributed by atoms with Crippen molar-refractivity contribution in [2.45, 2.75) is 46.3 Å². The summed E-state index contributed by atoms with van der Waals surface area (Å²) in [7, 11) is 0. The summed E-state index contributed by atoms with van der Waals surface area (Å²) in [6.07, 6.45) is 7.74. The van der Waals surface area contributed by atoms with E-state index in [0.717, 1.165) is 25.1 Å². The molecule has 0 spiro atoms. The molecule has 1 aromatic heterocycles. The number of aliphatic hydroxyl groups is 1. The predicted octanol–water partition coefficient (Wildman–Crippen LogP) is 6.33. The quantitative estimate of drug-likeness (QED) is 0.283. The van der Waals surface area contributed by atoms with Crippen molar-refractivity contribution in [1.29, 1.82) is 0 Å². The van der Waals surface area contributed by atoms with Gasteiger partial charge in [-0.3, -0.25) is 4.99 Å². The van der Waals surface area contributed by atoms with Gasteiger partial charge in [0.1, 0.15) is 11.6 Å². The first kappa shape index (κ1) is 27.0. The monoisotopic (exact) mass is 484 g/mol. The highest BCUT2D eigenvalue weighted by Crippen LogP contribution is 2.37. The van der Waals surface area contributed by atoms with E-state index in [9.17, 15) is 22.7 Å². The lowest BCUT2D eigenvalue weighted by Gasteiger charge is -2.15. The molecule has 0 amide bonds. The molecule has 2 aromatic rings. The Bertz CT molecular complexity index is 1040. The van der Waals surface area contributed by atoms with E-state index in [1.807, 2.05) is 6.92 Å². The number of allylic oxidation sites excluding steroid dienone is 3. The zero-order valence-corrected chi connectivity index (χ0v) is 18.6. The van der Waals surface area contributed by atoms with Crippen LogP contribution in [0.4, 0.5) is 22.0 Å². The molecule has 0 saturated carbocycles. The fraction of sp³-hybridized carbons (Fsp3) is 0.333. The van der Waals surface area contributed by atoms with Crippen LogP contribution in [-0.2, 0) is 6.42 Å². The van der Waals surface area contributed by atoms with Crippen LogP contribution in [-0.4, -0.2) is 36.1 Å². The highest BCUT2D eigenvalue weighted by atomic mass is 19.3. The molecule has 0 radical (unpaired) electrons. The van der Waals surface area contributed by atoms with E-state index < -0.39 is 30.7 Å². The van der Waals surface area contributed by atoms with Crippen molar-refractivity contribution in [1.82, 2.24) is 4.98 Å². The smallest absolute Gasteiger partial charge is 0.388 e. The minimum atomic E-state index is -3.23. The zero-order valence-electron chi connectivity index (χ0n) is 18.6. The van der Waals surface area contributed by atoms with Crippen molar-refractivity contribution >= 4 is 6.21 Å². The fourth-order valence-electron chi connectivity index (χ4n) is 3.00. The second-order valence-corrected chi connectivity index (χ2v) is 6.99. The molecule has 10 heteroatoms. The van der Waals surface area contributed by atoms with Crippen molar-refractivity contribution in [3.63, 3.8) is 0 Å². The Hall–Kier alpha value is -3.27. The Morgan fingerprint density at radius 1 is 1.15 bits per heavy atom. The molecule has 0 aliphatic rings. The summed E-state index contributed by atoms with van der Waals surface area (Å²) in [6.45, 7) is -2.94. The Kier molecular flexibility index (Phi) is 10.7. The molecule has 1 N–H and O–H groups in total. The van der Waals surface area contributed by atoms with Crippen LogP contribution in [0.1, 0.15) is 32.3 Å². The maximum atomic E-state index is 15.5. The highest BCUT2D eigenvalue weighted by molar-refractivity contribution is 5.80. The van der Waals surface area contributed by atoms with E-state index >= 15 is 4.39 Å². The topological polar surface area (TPSA) is 63.9 Å². The van der Waals surface area contributed by atoms with Gasteiger partial charge in [0.15, 0.2) is 0 Å². The first-order chi connectivity index (χ1) is 16.3. The van der Waals surface area contributed by atoms with Gasteiger partial charge in [-0.15, -0.1) is 0 Å². The summed E-state index contributed by atoms with van der Waals surface area (Å²) in [6, 6.07) is 4.75. The van der Waals surface area contributed by atoms with Crippen LogP contribution < -0.4 is 9.47 Å². The number of pyridine rings is 1. The van der Waals surface area contributed by atoms with Crippen molar-refractivity contribution in [3.8, 4) is 22.8 Å². The van der Waals surface area contributed by atoms with Gasteiger partial charge in [-0.1, -0.05) is 31.6 Å². The van der Waals surface area contributed by atoms with Crippen LogP contribution in [0.5, 0.6) is 11.6 Å². The van der Waals surface area contributed by atoms with Crippen LogP contribution in [0.2, 0.25) is 0 Å². The minimum absolute atomic E-state index is 0.0265. The van der Waals surface area contributed by atoms with E-state index in [-0.39, 0.29) is 29.7 Å². The molecule has 0 atom stereocenters. The number of rotatable bonds is 12. The van der Waals surface area contributed by atoms with Gasteiger partial charge >= 0.3 is 13.2 Å². The van der Waals surface area contributed by atoms with Crippen LogP contribution in [0, 0.1) is 5.82 Å². The lowest BCUT2D eigenvalue weighted by atomic mass is 9.97. The number of benzene rings is 1. The largest absolute Gasteiger partial charge is 0.434 e. The summed E-state index contributed by atoms with van der Waals surface area (Å²) >= 11 is 0. The molecule has 0 aliphatic carbocycles. The average Bonchev–Trinajstić information content (AvgIpc) is 2.79. The van der Waals surface area contributed by atoms with Crippen molar-refractivity contribution in [3.05, 3.63) is 65.3 Å². The molecule has 0 saturated heterocycles. The van der Waals surface area contributed by atoms with Gasteiger partial charge in [0.2, 0.25) is 5.88 Å². The van der Waals surface area contributed by atoms with Crippen molar-refractivity contribution in [2.75, 3.05) is 6.61 Å². The summed E-state index contributed by atoms with van der Waals surface area (Å²) < 4.78 is 75.2. The maximum absolute atomic E-state index is 15.5. The van der Waals surface area contributed by atoms with Gasteiger partial charge < -0.3 is 14.6 Å². The molecule has 5 nitrogen and oxygen atoms in total. The molecule has 1 heterocycles. The highest BCUT2D eigenvalue weighted by Gasteiger charge is 2.20. The number of aliphatic imine (C=N–C) groups is 1. The third kappa shape index (κ3) is 7.95.